The lowest BCUT2D eigenvalue weighted by atomic mass is 10.0. The normalized spacial score (nSPS) is 12.6. The van der Waals surface area contributed by atoms with Crippen molar-refractivity contribution >= 4 is 11.6 Å². The van der Waals surface area contributed by atoms with Crippen molar-refractivity contribution in [1.29, 1.82) is 0 Å². The van der Waals surface area contributed by atoms with E-state index >= 15 is 0 Å². The first-order valence-corrected chi connectivity index (χ1v) is 4.68. The van der Waals surface area contributed by atoms with E-state index in [4.69, 9.17) is 27.2 Å². The van der Waals surface area contributed by atoms with Crippen molar-refractivity contribution in [2.75, 3.05) is 13.7 Å². The Kier molecular flexibility index (Phi) is 3.75. The molecule has 0 spiro atoms. The molecule has 0 amide bonds. The smallest absolute Gasteiger partial charge is 0.137 e. The third-order valence-corrected chi connectivity index (χ3v) is 2.43. The number of methoxy groups -OCH3 is 1. The molecular weight excluding hydrogens is 202 g/mol. The van der Waals surface area contributed by atoms with Gasteiger partial charge in [-0.1, -0.05) is 11.6 Å². The number of hydrogen-bond acceptors (Lipinski definition) is 3. The molecule has 1 unspecified atom stereocenters. The molecule has 1 rings (SSSR count). The van der Waals surface area contributed by atoms with Crippen LogP contribution in [0.5, 0.6) is 5.75 Å². The average molecular weight is 216 g/mol. The summed E-state index contributed by atoms with van der Waals surface area (Å²) in [6, 6.07) is 3.16. The van der Waals surface area contributed by atoms with Gasteiger partial charge in [0.15, 0.2) is 0 Å². The third kappa shape index (κ3) is 2.18. The van der Waals surface area contributed by atoms with Crippen LogP contribution in [0, 0.1) is 6.92 Å². The first-order chi connectivity index (χ1) is 6.60. The second-order valence-electron chi connectivity index (χ2n) is 3.13. The molecule has 0 aliphatic heterocycles. The van der Waals surface area contributed by atoms with Crippen LogP contribution in [0.2, 0.25) is 5.02 Å². The van der Waals surface area contributed by atoms with Crippen LogP contribution in [0.25, 0.3) is 0 Å². The summed E-state index contributed by atoms with van der Waals surface area (Å²) >= 11 is 5.92. The molecule has 0 bridgehead atoms. The summed E-state index contributed by atoms with van der Waals surface area (Å²) in [6.45, 7) is 1.81. The Bertz CT molecular complexity index is 328. The number of ether oxygens (including phenoxy) is 1. The molecule has 3 nitrogen and oxygen atoms in total. The van der Waals surface area contributed by atoms with Gasteiger partial charge >= 0.3 is 0 Å². The molecule has 0 aliphatic carbocycles. The van der Waals surface area contributed by atoms with Crippen molar-refractivity contribution in [2.45, 2.75) is 13.0 Å². The Hall–Kier alpha value is -0.770. The van der Waals surface area contributed by atoms with E-state index in [1.807, 2.05) is 6.92 Å². The third-order valence-electron chi connectivity index (χ3n) is 2.14. The summed E-state index contributed by atoms with van der Waals surface area (Å²) < 4.78 is 5.07. The van der Waals surface area contributed by atoms with Crippen LogP contribution >= 0.6 is 11.6 Å². The lowest BCUT2D eigenvalue weighted by molar-refractivity contribution is 0.267. The highest BCUT2D eigenvalue weighted by Crippen LogP contribution is 2.29. The van der Waals surface area contributed by atoms with E-state index in [1.165, 1.54) is 0 Å². The zero-order valence-electron chi connectivity index (χ0n) is 8.25. The summed E-state index contributed by atoms with van der Waals surface area (Å²) in [5, 5.41) is 9.50. The van der Waals surface area contributed by atoms with E-state index in [9.17, 15) is 0 Å². The molecule has 14 heavy (non-hydrogen) atoms. The Balaban J connectivity index is 3.17. The molecule has 0 saturated carbocycles. The van der Waals surface area contributed by atoms with Gasteiger partial charge in [-0.3, -0.25) is 0 Å². The highest BCUT2D eigenvalue weighted by atomic mass is 35.5. The van der Waals surface area contributed by atoms with Gasteiger partial charge in [-0.25, -0.2) is 0 Å². The van der Waals surface area contributed by atoms with Gasteiger partial charge < -0.3 is 15.6 Å². The topological polar surface area (TPSA) is 55.5 Å². The van der Waals surface area contributed by atoms with Gasteiger partial charge in [0.25, 0.3) is 0 Å². The zero-order chi connectivity index (χ0) is 10.7. The fraction of sp³-hybridized carbons (Fsp3) is 0.400. The number of halogens is 1. The fourth-order valence-corrected chi connectivity index (χ4v) is 1.62. The van der Waals surface area contributed by atoms with E-state index in [-0.39, 0.29) is 12.6 Å². The van der Waals surface area contributed by atoms with E-state index in [2.05, 4.69) is 0 Å². The van der Waals surface area contributed by atoms with Crippen LogP contribution in [-0.4, -0.2) is 18.8 Å². The lowest BCUT2D eigenvalue weighted by Gasteiger charge is -2.14. The molecule has 3 N–H and O–H groups in total. The molecule has 0 fully saturated rings. The van der Waals surface area contributed by atoms with Gasteiger partial charge in [0.1, 0.15) is 5.75 Å². The Morgan fingerprint density at radius 2 is 2.21 bits per heavy atom. The van der Waals surface area contributed by atoms with E-state index in [0.29, 0.717) is 10.8 Å². The number of benzene rings is 1. The van der Waals surface area contributed by atoms with Gasteiger partial charge in [-0.2, -0.15) is 0 Å². The van der Waals surface area contributed by atoms with Crippen molar-refractivity contribution in [3.05, 3.63) is 28.3 Å². The van der Waals surface area contributed by atoms with Gasteiger partial charge in [0.2, 0.25) is 0 Å². The first kappa shape index (κ1) is 11.3. The molecule has 1 atom stereocenters. The van der Waals surface area contributed by atoms with E-state index < -0.39 is 0 Å². The first-order valence-electron chi connectivity index (χ1n) is 4.30. The zero-order valence-corrected chi connectivity index (χ0v) is 9.01. The summed E-state index contributed by atoms with van der Waals surface area (Å²) in [5.74, 6) is 0.580. The quantitative estimate of drug-likeness (QED) is 0.806. The molecule has 0 aliphatic rings. The predicted molar refractivity (Wildman–Crippen MR) is 56.8 cm³/mol. The minimum absolute atomic E-state index is 0.0916. The van der Waals surface area contributed by atoms with E-state index in [0.717, 1.165) is 11.1 Å². The lowest BCUT2D eigenvalue weighted by Crippen LogP contribution is -2.15. The maximum atomic E-state index is 8.95. The molecule has 1 aromatic rings. The molecule has 78 valence electrons. The van der Waals surface area contributed by atoms with Crippen molar-refractivity contribution in [3.63, 3.8) is 0 Å². The minimum atomic E-state index is -0.388. The van der Waals surface area contributed by atoms with Crippen LogP contribution in [0.4, 0.5) is 0 Å². The van der Waals surface area contributed by atoms with Crippen LogP contribution < -0.4 is 10.5 Å². The second-order valence-corrected chi connectivity index (χ2v) is 3.54. The summed E-state index contributed by atoms with van der Waals surface area (Å²) in [6.07, 6.45) is 0. The van der Waals surface area contributed by atoms with Crippen molar-refractivity contribution in [1.82, 2.24) is 0 Å². The van der Waals surface area contributed by atoms with Crippen LogP contribution in [0.15, 0.2) is 12.1 Å². The largest absolute Gasteiger partial charge is 0.495 e. The maximum Gasteiger partial charge on any atom is 0.137 e. The number of aliphatic hydroxyl groups is 1. The van der Waals surface area contributed by atoms with Gasteiger partial charge in [0.05, 0.1) is 24.8 Å². The van der Waals surface area contributed by atoms with Gasteiger partial charge in [-0.15, -0.1) is 0 Å². The molecule has 1 aromatic carbocycles. The number of hydrogen-bond donors (Lipinski definition) is 2. The van der Waals surface area contributed by atoms with Crippen molar-refractivity contribution < 1.29 is 9.84 Å². The van der Waals surface area contributed by atoms with Crippen LogP contribution in [0.1, 0.15) is 17.2 Å². The second kappa shape index (κ2) is 4.64. The predicted octanol–water partition coefficient (Wildman–Crippen LogP) is 1.65. The molecule has 0 saturated heterocycles. The molecule has 0 radical (unpaired) electrons. The number of aliphatic hydroxyl groups excluding tert-OH is 1. The molecular formula is C10H14ClNO2. The van der Waals surface area contributed by atoms with Crippen LogP contribution in [0.3, 0.4) is 0 Å². The SMILES string of the molecule is COc1cc(C(N)CO)c(C)cc1Cl. The molecule has 0 heterocycles. The Morgan fingerprint density at radius 3 is 2.71 bits per heavy atom. The molecule has 0 aromatic heterocycles. The Morgan fingerprint density at radius 1 is 1.57 bits per heavy atom. The number of rotatable bonds is 3. The van der Waals surface area contributed by atoms with Crippen molar-refractivity contribution in [2.24, 2.45) is 5.73 Å². The van der Waals surface area contributed by atoms with Gasteiger partial charge in [-0.05, 0) is 30.2 Å². The van der Waals surface area contributed by atoms with Crippen molar-refractivity contribution in [3.8, 4) is 5.75 Å². The number of nitrogens with two attached hydrogens (primary N) is 1. The van der Waals surface area contributed by atoms with E-state index in [1.54, 1.807) is 19.2 Å². The molecule has 4 heteroatoms. The highest BCUT2D eigenvalue weighted by molar-refractivity contribution is 6.32. The monoisotopic (exact) mass is 215 g/mol. The van der Waals surface area contributed by atoms with Crippen LogP contribution in [-0.2, 0) is 0 Å². The Labute approximate surface area is 88.4 Å². The number of aryl methyl sites for hydroxylation is 1. The highest BCUT2D eigenvalue weighted by Gasteiger charge is 2.11. The summed E-state index contributed by atoms with van der Waals surface area (Å²) in [7, 11) is 1.55. The summed E-state index contributed by atoms with van der Waals surface area (Å²) in [5.41, 5.74) is 7.53. The minimum Gasteiger partial charge on any atom is -0.495 e. The standard InChI is InChI=1S/C10H14ClNO2/c1-6-3-8(11)10(14-2)4-7(6)9(12)5-13/h3-4,9,13H,5,12H2,1-2H3. The fourth-order valence-electron chi connectivity index (χ4n) is 1.32. The average Bonchev–Trinajstić information content (AvgIpc) is 2.17. The summed E-state index contributed by atoms with van der Waals surface area (Å²) in [4.78, 5) is 0. The van der Waals surface area contributed by atoms with Gasteiger partial charge in [0, 0.05) is 0 Å². The maximum absolute atomic E-state index is 8.95.